The Labute approximate surface area is 174 Å². The highest BCUT2D eigenvalue weighted by atomic mass is 31.2. The maximum Gasteiger partial charge on any atom is 0.469 e. The van der Waals surface area contributed by atoms with Gasteiger partial charge in [0.1, 0.15) is 0 Å². The van der Waals surface area contributed by atoms with Gasteiger partial charge in [0, 0.05) is 19.3 Å². The summed E-state index contributed by atoms with van der Waals surface area (Å²) in [5, 5.41) is 0. The Morgan fingerprint density at radius 1 is 1.21 bits per heavy atom. The minimum atomic E-state index is -4.47. The van der Waals surface area contributed by atoms with Gasteiger partial charge in [0.2, 0.25) is 0 Å². The third-order valence-corrected chi connectivity index (χ3v) is 7.12. The van der Waals surface area contributed by atoms with Crippen LogP contribution in [-0.4, -0.2) is 35.6 Å². The van der Waals surface area contributed by atoms with Crippen LogP contribution in [-0.2, 0) is 26.7 Å². The van der Waals surface area contributed by atoms with Crippen LogP contribution in [0.15, 0.2) is 18.2 Å². The number of benzene rings is 1. The van der Waals surface area contributed by atoms with Crippen LogP contribution in [0.5, 0.6) is 0 Å². The Morgan fingerprint density at radius 2 is 2.03 bits per heavy atom. The Bertz CT molecular complexity index is 721. The van der Waals surface area contributed by atoms with Crippen molar-refractivity contribution in [2.24, 2.45) is 11.7 Å². The summed E-state index contributed by atoms with van der Waals surface area (Å²) in [5.41, 5.74) is 9.96. The molecule has 3 atom stereocenters. The van der Waals surface area contributed by atoms with E-state index in [0.29, 0.717) is 12.3 Å². The topological polar surface area (TPSA) is 102 Å². The highest BCUT2D eigenvalue weighted by Crippen LogP contribution is 2.44. The number of aryl methyl sites for hydroxylation is 1. The fraction of sp³-hybridized carbons (Fsp3) is 0.727. The van der Waals surface area contributed by atoms with Crippen LogP contribution in [0.2, 0.25) is 0 Å². The van der Waals surface area contributed by atoms with Crippen molar-refractivity contribution in [3.8, 4) is 0 Å². The van der Waals surface area contributed by atoms with Gasteiger partial charge in [-0.1, -0.05) is 37.5 Å². The Kier molecular flexibility index (Phi) is 7.94. The van der Waals surface area contributed by atoms with Crippen molar-refractivity contribution in [3.05, 3.63) is 34.9 Å². The predicted molar refractivity (Wildman–Crippen MR) is 114 cm³/mol. The number of methoxy groups -OCH3 is 1. The third-order valence-electron chi connectivity index (χ3n) is 6.66. The van der Waals surface area contributed by atoms with E-state index in [1.165, 1.54) is 48.8 Å². The summed E-state index contributed by atoms with van der Waals surface area (Å²) < 4.78 is 20.8. The molecule has 7 heteroatoms. The number of unbranched alkanes of at least 4 members (excludes halogenated alkanes) is 2. The second kappa shape index (κ2) is 10.0. The molecule has 4 N–H and O–H groups in total. The van der Waals surface area contributed by atoms with Crippen molar-refractivity contribution in [3.63, 3.8) is 0 Å². The van der Waals surface area contributed by atoms with Gasteiger partial charge in [-0.2, -0.15) is 0 Å². The van der Waals surface area contributed by atoms with Crippen LogP contribution >= 0.6 is 7.82 Å². The first-order valence-corrected chi connectivity index (χ1v) is 12.4. The molecule has 1 aromatic rings. The molecule has 0 saturated heterocycles. The molecule has 164 valence electrons. The molecule has 6 nitrogen and oxygen atoms in total. The second-order valence-electron chi connectivity index (χ2n) is 9.05. The first-order chi connectivity index (χ1) is 13.8. The Hall–Kier alpha value is -0.750. The first-order valence-electron chi connectivity index (χ1n) is 10.9. The molecule has 1 saturated carbocycles. The Balaban J connectivity index is 1.52. The largest absolute Gasteiger partial charge is 0.469 e. The van der Waals surface area contributed by atoms with Crippen LogP contribution in [0.1, 0.15) is 74.0 Å². The molecular formula is C22H36NO5P. The van der Waals surface area contributed by atoms with Gasteiger partial charge in [0.05, 0.1) is 6.61 Å². The zero-order valence-electron chi connectivity index (χ0n) is 17.5. The highest BCUT2D eigenvalue weighted by Gasteiger charge is 2.38. The number of rotatable bonds is 10. The van der Waals surface area contributed by atoms with Gasteiger partial charge in [-0.05, 0) is 73.5 Å². The van der Waals surface area contributed by atoms with Crippen LogP contribution < -0.4 is 5.73 Å². The quantitative estimate of drug-likeness (QED) is 0.386. The lowest BCUT2D eigenvalue weighted by molar-refractivity contribution is 0.153. The number of fused-ring (bicyclic) bond motifs is 1. The normalized spacial score (nSPS) is 27.2. The van der Waals surface area contributed by atoms with E-state index in [2.05, 4.69) is 18.2 Å². The first kappa shape index (κ1) is 22.9. The van der Waals surface area contributed by atoms with E-state index in [-0.39, 0.29) is 6.61 Å². The maximum absolute atomic E-state index is 11.0. The van der Waals surface area contributed by atoms with Gasteiger partial charge >= 0.3 is 7.82 Å². The molecule has 1 unspecified atom stereocenters. The van der Waals surface area contributed by atoms with Gasteiger partial charge < -0.3 is 20.3 Å². The zero-order valence-corrected chi connectivity index (χ0v) is 18.4. The molecule has 0 aromatic heterocycles. The van der Waals surface area contributed by atoms with E-state index in [0.717, 1.165) is 38.2 Å². The number of hydrogen-bond acceptors (Lipinski definition) is 4. The van der Waals surface area contributed by atoms with E-state index < -0.39 is 13.4 Å². The third kappa shape index (κ3) is 6.88. The lowest BCUT2D eigenvalue weighted by Gasteiger charge is -2.27. The fourth-order valence-corrected chi connectivity index (χ4v) is 5.42. The molecule has 1 fully saturated rings. The summed E-state index contributed by atoms with van der Waals surface area (Å²) >= 11 is 0. The predicted octanol–water partition coefficient (Wildman–Crippen LogP) is 4.07. The zero-order chi connectivity index (χ0) is 20.9. The number of nitrogens with two attached hydrogens (primary N) is 1. The summed E-state index contributed by atoms with van der Waals surface area (Å²) in [7, 11) is -2.71. The SMILES string of the molecule is COCCCCCC1CCc2cc([C@H]3CC[C@@](N)(COP(=O)(O)O)C3)ccc2C1. The van der Waals surface area contributed by atoms with E-state index in [9.17, 15) is 4.57 Å². The summed E-state index contributed by atoms with van der Waals surface area (Å²) in [6.07, 6.45) is 11.0. The molecule has 3 rings (SSSR count). The lowest BCUT2D eigenvalue weighted by Crippen LogP contribution is -2.41. The molecule has 0 spiro atoms. The minimum absolute atomic E-state index is 0.0925. The van der Waals surface area contributed by atoms with E-state index >= 15 is 0 Å². The summed E-state index contributed by atoms with van der Waals surface area (Å²) in [6, 6.07) is 6.88. The van der Waals surface area contributed by atoms with E-state index in [1.54, 1.807) is 7.11 Å². The van der Waals surface area contributed by atoms with Crippen molar-refractivity contribution < 1.29 is 23.6 Å². The van der Waals surface area contributed by atoms with Crippen molar-refractivity contribution in [2.75, 3.05) is 20.3 Å². The summed E-state index contributed by atoms with van der Waals surface area (Å²) in [4.78, 5) is 17.9. The van der Waals surface area contributed by atoms with Crippen LogP contribution in [0.3, 0.4) is 0 Å². The van der Waals surface area contributed by atoms with Crippen molar-refractivity contribution >= 4 is 7.82 Å². The highest BCUT2D eigenvalue weighted by molar-refractivity contribution is 7.46. The average Bonchev–Trinajstić information content (AvgIpc) is 3.08. The molecule has 0 bridgehead atoms. The Morgan fingerprint density at radius 3 is 2.79 bits per heavy atom. The minimum Gasteiger partial charge on any atom is -0.385 e. The summed E-state index contributed by atoms with van der Waals surface area (Å²) in [5.74, 6) is 1.13. The number of phosphoric acid groups is 1. The van der Waals surface area contributed by atoms with Crippen molar-refractivity contribution in [1.82, 2.24) is 0 Å². The molecule has 0 heterocycles. The molecule has 1 aromatic carbocycles. The van der Waals surface area contributed by atoms with Crippen LogP contribution in [0.25, 0.3) is 0 Å². The molecule has 0 radical (unpaired) electrons. The van der Waals surface area contributed by atoms with Crippen LogP contribution in [0, 0.1) is 5.92 Å². The van der Waals surface area contributed by atoms with Gasteiger partial charge in [0.25, 0.3) is 0 Å². The van der Waals surface area contributed by atoms with Gasteiger partial charge in [-0.3, -0.25) is 4.52 Å². The fourth-order valence-electron chi connectivity index (χ4n) is 4.99. The van der Waals surface area contributed by atoms with E-state index in [1.807, 2.05) is 0 Å². The standard InChI is InChI=1S/C22H36NO5P/c1-27-12-4-2-3-5-17-6-7-19-14-20(9-8-18(19)13-17)21-10-11-22(23,15-21)16-28-29(24,25)26/h8-9,14,17,21H,2-7,10-13,15-16,23H2,1H3,(H2,24,25,26)/t17?,21-,22-/m0/s1. The monoisotopic (exact) mass is 425 g/mol. The van der Waals surface area contributed by atoms with Gasteiger partial charge in [-0.15, -0.1) is 0 Å². The van der Waals surface area contributed by atoms with Gasteiger partial charge in [-0.25, -0.2) is 4.57 Å². The number of ether oxygens (including phenoxy) is 1. The molecular weight excluding hydrogens is 389 g/mol. The molecule has 0 aliphatic heterocycles. The van der Waals surface area contributed by atoms with E-state index in [4.69, 9.17) is 24.8 Å². The molecule has 0 amide bonds. The van der Waals surface area contributed by atoms with Crippen LogP contribution in [0.4, 0.5) is 0 Å². The maximum atomic E-state index is 11.0. The average molecular weight is 426 g/mol. The summed E-state index contributed by atoms with van der Waals surface area (Å²) in [6.45, 7) is 0.776. The molecule has 2 aliphatic carbocycles. The van der Waals surface area contributed by atoms with Crippen molar-refractivity contribution in [1.29, 1.82) is 0 Å². The second-order valence-corrected chi connectivity index (χ2v) is 10.3. The lowest BCUT2D eigenvalue weighted by atomic mass is 9.79. The number of phosphoric ester groups is 1. The smallest absolute Gasteiger partial charge is 0.385 e. The number of hydrogen-bond donors (Lipinski definition) is 3. The van der Waals surface area contributed by atoms with Gasteiger partial charge in [0.15, 0.2) is 0 Å². The molecule has 29 heavy (non-hydrogen) atoms. The van der Waals surface area contributed by atoms with Crippen molar-refractivity contribution in [2.45, 2.75) is 75.7 Å². The molecule has 2 aliphatic rings.